The smallest absolute Gasteiger partial charge is 0.411 e. The fourth-order valence-corrected chi connectivity index (χ4v) is 4.36. The Balaban J connectivity index is 1.59. The number of amides is 1. The first kappa shape index (κ1) is 26.5. The number of carbonyl (C=O) groups is 1. The minimum Gasteiger partial charge on any atom is -0.491 e. The molecule has 1 aromatic rings. The Labute approximate surface area is 196 Å². The molecule has 1 heterocycles. The van der Waals surface area contributed by atoms with Gasteiger partial charge in [0.15, 0.2) is 0 Å². The van der Waals surface area contributed by atoms with Gasteiger partial charge in [0.25, 0.3) is 0 Å². The predicted octanol–water partition coefficient (Wildman–Crippen LogP) is 7.27. The zero-order chi connectivity index (χ0) is 22.9. The minimum atomic E-state index is -0.408. The van der Waals surface area contributed by atoms with Crippen LogP contribution in [-0.2, 0) is 4.74 Å². The van der Waals surface area contributed by atoms with Crippen molar-refractivity contribution in [3.05, 3.63) is 24.3 Å². The molecule has 0 aliphatic carbocycles. The first-order valence-electron chi connectivity index (χ1n) is 13.1. The molecule has 0 radical (unpaired) electrons. The number of piperidine rings is 1. The third kappa shape index (κ3) is 11.2. The summed E-state index contributed by atoms with van der Waals surface area (Å²) in [4.78, 5) is 14.7. The maximum Gasteiger partial charge on any atom is 0.411 e. The number of unbranched alkanes of at least 4 members (excludes halogenated alkanes) is 7. The van der Waals surface area contributed by atoms with Crippen molar-refractivity contribution in [2.45, 2.75) is 90.9 Å². The molecule has 1 fully saturated rings. The number of likely N-dealkylation sites (tertiary alicyclic amines) is 1. The van der Waals surface area contributed by atoms with E-state index in [1.54, 1.807) is 0 Å². The molecule has 32 heavy (non-hydrogen) atoms. The van der Waals surface area contributed by atoms with Crippen molar-refractivity contribution < 1.29 is 14.3 Å². The number of anilines is 1. The molecular weight excluding hydrogens is 400 g/mol. The summed E-state index contributed by atoms with van der Waals surface area (Å²) in [6, 6.07) is 7.58. The Bertz CT molecular complexity index is 615. The molecule has 182 valence electrons. The molecule has 5 heteroatoms. The Hall–Kier alpha value is -1.75. The van der Waals surface area contributed by atoms with Crippen LogP contribution in [0.3, 0.4) is 0 Å². The van der Waals surface area contributed by atoms with Crippen molar-refractivity contribution in [3.8, 4) is 5.75 Å². The molecule has 0 unspecified atom stereocenters. The molecule has 0 spiro atoms. The van der Waals surface area contributed by atoms with Gasteiger partial charge in [0.2, 0.25) is 0 Å². The van der Waals surface area contributed by atoms with Crippen LogP contribution in [0.15, 0.2) is 24.3 Å². The van der Waals surface area contributed by atoms with Gasteiger partial charge in [-0.15, -0.1) is 0 Å². The van der Waals surface area contributed by atoms with Gasteiger partial charge in [0.05, 0.1) is 12.3 Å². The zero-order valence-electron chi connectivity index (χ0n) is 20.6. The van der Waals surface area contributed by atoms with Gasteiger partial charge in [0.1, 0.15) is 12.4 Å². The Kier molecular flexibility index (Phi) is 13.9. The Morgan fingerprint density at radius 1 is 0.938 bits per heavy atom. The fraction of sp³-hybridized carbons (Fsp3) is 0.741. The van der Waals surface area contributed by atoms with E-state index in [1.165, 1.54) is 70.6 Å². The summed E-state index contributed by atoms with van der Waals surface area (Å²) < 4.78 is 11.3. The summed E-state index contributed by atoms with van der Waals surface area (Å²) in [5.74, 6) is 1.59. The van der Waals surface area contributed by atoms with Crippen LogP contribution in [0.2, 0.25) is 0 Å². The highest BCUT2D eigenvalue weighted by molar-refractivity contribution is 5.86. The highest BCUT2D eigenvalue weighted by Gasteiger charge is 2.19. The molecule has 5 nitrogen and oxygen atoms in total. The van der Waals surface area contributed by atoms with Crippen molar-refractivity contribution in [2.75, 3.05) is 38.2 Å². The number of benzene rings is 1. The van der Waals surface area contributed by atoms with Crippen molar-refractivity contribution in [2.24, 2.45) is 5.92 Å². The second-order valence-corrected chi connectivity index (χ2v) is 9.15. The fourth-order valence-electron chi connectivity index (χ4n) is 4.36. The third-order valence-electron chi connectivity index (χ3n) is 6.44. The van der Waals surface area contributed by atoms with E-state index in [2.05, 4.69) is 24.1 Å². The molecule has 1 aliphatic heterocycles. The molecule has 0 saturated carbocycles. The van der Waals surface area contributed by atoms with Crippen molar-refractivity contribution in [1.82, 2.24) is 4.90 Å². The van der Waals surface area contributed by atoms with Crippen LogP contribution in [-0.4, -0.2) is 43.8 Å². The van der Waals surface area contributed by atoms with Gasteiger partial charge in [-0.1, -0.05) is 83.8 Å². The monoisotopic (exact) mass is 446 g/mol. The van der Waals surface area contributed by atoms with Crippen LogP contribution >= 0.6 is 0 Å². The second kappa shape index (κ2) is 16.8. The number of ether oxygens (including phenoxy) is 2. The Morgan fingerprint density at radius 2 is 1.62 bits per heavy atom. The number of nitrogens with one attached hydrogen (secondary N) is 1. The molecule has 1 N–H and O–H groups in total. The maximum absolute atomic E-state index is 12.3. The molecule has 0 atom stereocenters. The number of nitrogens with zero attached hydrogens (tertiary/aromatic N) is 1. The van der Waals surface area contributed by atoms with Crippen molar-refractivity contribution in [3.63, 3.8) is 0 Å². The lowest BCUT2D eigenvalue weighted by atomic mass is 9.91. The molecule has 2 rings (SSSR count). The van der Waals surface area contributed by atoms with Crippen LogP contribution in [0.4, 0.5) is 10.5 Å². The summed E-state index contributed by atoms with van der Waals surface area (Å²) >= 11 is 0. The molecule has 1 saturated heterocycles. The average Bonchev–Trinajstić information content (AvgIpc) is 2.81. The van der Waals surface area contributed by atoms with Gasteiger partial charge >= 0.3 is 6.09 Å². The summed E-state index contributed by atoms with van der Waals surface area (Å²) in [6.45, 7) is 8.64. The van der Waals surface area contributed by atoms with E-state index in [-0.39, 0.29) is 0 Å². The number of hydrogen-bond acceptors (Lipinski definition) is 4. The lowest BCUT2D eigenvalue weighted by Gasteiger charge is -2.31. The maximum atomic E-state index is 12.3. The lowest BCUT2D eigenvalue weighted by Crippen LogP contribution is -2.36. The van der Waals surface area contributed by atoms with Gasteiger partial charge in [0, 0.05) is 6.54 Å². The van der Waals surface area contributed by atoms with Gasteiger partial charge in [-0.3, -0.25) is 10.2 Å². The van der Waals surface area contributed by atoms with Crippen LogP contribution in [0.5, 0.6) is 5.75 Å². The second-order valence-electron chi connectivity index (χ2n) is 9.15. The molecular formula is C27H46N2O3. The summed E-state index contributed by atoms with van der Waals surface area (Å²) in [5, 5.41) is 2.85. The largest absolute Gasteiger partial charge is 0.491 e. The van der Waals surface area contributed by atoms with Crippen LogP contribution in [0.25, 0.3) is 0 Å². The Morgan fingerprint density at radius 3 is 2.38 bits per heavy atom. The zero-order valence-corrected chi connectivity index (χ0v) is 20.6. The number of carbonyl (C=O) groups excluding carboxylic acids is 1. The average molecular weight is 447 g/mol. The quantitative estimate of drug-likeness (QED) is 0.271. The molecule has 1 amide bonds. The minimum absolute atomic E-state index is 0.408. The highest BCUT2D eigenvalue weighted by Crippen LogP contribution is 2.25. The van der Waals surface area contributed by atoms with E-state index >= 15 is 0 Å². The first-order valence-corrected chi connectivity index (χ1v) is 13.1. The molecule has 1 aromatic carbocycles. The van der Waals surface area contributed by atoms with E-state index in [4.69, 9.17) is 9.47 Å². The SMILES string of the molecule is CCCCCCCOc1ccccc1NC(=O)OCCN1CCC(CCCCCC)CC1. The normalized spacial score (nSPS) is 14.9. The van der Waals surface area contributed by atoms with E-state index in [9.17, 15) is 4.79 Å². The number of hydrogen-bond donors (Lipinski definition) is 1. The van der Waals surface area contributed by atoms with Gasteiger partial charge in [-0.25, -0.2) is 4.79 Å². The topological polar surface area (TPSA) is 50.8 Å². The van der Waals surface area contributed by atoms with Crippen molar-refractivity contribution >= 4 is 11.8 Å². The first-order chi connectivity index (χ1) is 15.7. The number of rotatable bonds is 16. The summed E-state index contributed by atoms with van der Waals surface area (Å²) in [5.41, 5.74) is 0.676. The molecule has 0 bridgehead atoms. The van der Waals surface area contributed by atoms with Crippen molar-refractivity contribution in [1.29, 1.82) is 0 Å². The van der Waals surface area contributed by atoms with E-state index in [0.717, 1.165) is 32.0 Å². The predicted molar refractivity (Wildman–Crippen MR) is 134 cm³/mol. The van der Waals surface area contributed by atoms with E-state index in [0.29, 0.717) is 24.7 Å². The summed E-state index contributed by atoms with van der Waals surface area (Å²) in [7, 11) is 0. The van der Waals surface area contributed by atoms with Gasteiger partial charge in [-0.2, -0.15) is 0 Å². The molecule has 1 aliphatic rings. The van der Waals surface area contributed by atoms with Gasteiger partial charge < -0.3 is 9.47 Å². The van der Waals surface area contributed by atoms with Gasteiger partial charge in [-0.05, 0) is 50.4 Å². The highest BCUT2D eigenvalue weighted by atomic mass is 16.5. The third-order valence-corrected chi connectivity index (χ3v) is 6.44. The lowest BCUT2D eigenvalue weighted by molar-refractivity contribution is 0.119. The number of para-hydroxylation sites is 2. The van der Waals surface area contributed by atoms with Crippen LogP contribution < -0.4 is 10.1 Å². The molecule has 0 aromatic heterocycles. The van der Waals surface area contributed by atoms with Crippen LogP contribution in [0.1, 0.15) is 90.9 Å². The van der Waals surface area contributed by atoms with Crippen LogP contribution in [0, 0.1) is 5.92 Å². The standard InChI is InChI=1S/C27H46N2O3/c1-3-5-7-9-13-22-31-26-16-12-11-15-25(26)28-27(30)32-23-21-29-19-17-24(18-20-29)14-10-8-6-4-2/h11-12,15-16,24H,3-10,13-14,17-23H2,1-2H3,(H,28,30). The summed E-state index contributed by atoms with van der Waals surface area (Å²) in [6.07, 6.45) is 15.0. The van der Waals surface area contributed by atoms with E-state index < -0.39 is 6.09 Å². The van der Waals surface area contributed by atoms with E-state index in [1.807, 2.05) is 24.3 Å².